The van der Waals surface area contributed by atoms with Gasteiger partial charge in [0.15, 0.2) is 0 Å². The number of fused-ring (bicyclic) bond motifs is 4. The van der Waals surface area contributed by atoms with Gasteiger partial charge < -0.3 is 4.42 Å². The van der Waals surface area contributed by atoms with Crippen molar-refractivity contribution in [1.82, 2.24) is 0 Å². The van der Waals surface area contributed by atoms with Crippen LogP contribution in [-0.2, 0) is 0 Å². The van der Waals surface area contributed by atoms with Gasteiger partial charge >= 0.3 is 5.69 Å². The van der Waals surface area contributed by atoms with Gasteiger partial charge in [-0.1, -0.05) is 24.3 Å². The molecule has 0 amide bonds. The van der Waals surface area contributed by atoms with Crippen LogP contribution in [0.5, 0.6) is 0 Å². The minimum absolute atomic E-state index is 0.324. The van der Waals surface area contributed by atoms with Crippen molar-refractivity contribution in [2.24, 2.45) is 0 Å². The van der Waals surface area contributed by atoms with Crippen molar-refractivity contribution in [2.45, 2.75) is 0 Å². The first kappa shape index (κ1) is 12.5. The average molecular weight is 291 g/mol. The Bertz CT molecular complexity index is 1130. The standard InChI is InChI=1S/C17H9NO4/c19-13-7-5-10-6-8-15-12(16(10)17(13)18(20)21)9-11-3-1-2-4-14(11)22-15/h1-9H. The highest BCUT2D eigenvalue weighted by molar-refractivity contribution is 6.12. The lowest BCUT2D eigenvalue weighted by molar-refractivity contribution is -0.384. The third-order valence-corrected chi connectivity index (χ3v) is 3.74. The zero-order valence-electron chi connectivity index (χ0n) is 11.3. The summed E-state index contributed by atoms with van der Waals surface area (Å²) in [5.41, 5.74) is 0.196. The van der Waals surface area contributed by atoms with Crippen LogP contribution in [0.1, 0.15) is 0 Å². The number of para-hydroxylation sites is 1. The fraction of sp³-hybridized carbons (Fsp3) is 0. The molecular weight excluding hydrogens is 282 g/mol. The second kappa shape index (κ2) is 4.39. The number of non-ortho nitro benzene ring substituents is 1. The summed E-state index contributed by atoms with van der Waals surface area (Å²) in [4.78, 5) is 22.6. The molecule has 106 valence electrons. The number of rotatable bonds is 1. The van der Waals surface area contributed by atoms with Crippen molar-refractivity contribution in [3.63, 3.8) is 0 Å². The molecule has 0 N–H and O–H groups in total. The molecule has 0 fully saturated rings. The highest BCUT2D eigenvalue weighted by Crippen LogP contribution is 2.33. The average Bonchev–Trinajstić information content (AvgIpc) is 2.52. The first-order chi connectivity index (χ1) is 10.6. The largest absolute Gasteiger partial charge is 0.456 e. The van der Waals surface area contributed by atoms with Crippen LogP contribution in [0.15, 0.2) is 63.8 Å². The molecule has 5 nitrogen and oxygen atoms in total. The van der Waals surface area contributed by atoms with Gasteiger partial charge in [0.1, 0.15) is 11.2 Å². The minimum Gasteiger partial charge on any atom is -0.456 e. The van der Waals surface area contributed by atoms with Crippen molar-refractivity contribution >= 4 is 38.4 Å². The van der Waals surface area contributed by atoms with Crippen LogP contribution in [0.25, 0.3) is 32.7 Å². The van der Waals surface area contributed by atoms with Crippen LogP contribution >= 0.6 is 0 Å². The molecule has 3 aromatic carbocycles. The van der Waals surface area contributed by atoms with Gasteiger partial charge in [-0.05, 0) is 35.7 Å². The Kier molecular flexibility index (Phi) is 2.50. The predicted octanol–water partition coefficient (Wildman–Crippen LogP) is 4.01. The third kappa shape index (κ3) is 1.69. The Hall–Kier alpha value is -3.21. The molecule has 4 aromatic rings. The maximum Gasteiger partial charge on any atom is 0.324 e. The smallest absolute Gasteiger partial charge is 0.324 e. The maximum atomic E-state index is 11.9. The predicted molar refractivity (Wildman–Crippen MR) is 84.2 cm³/mol. The van der Waals surface area contributed by atoms with E-state index in [9.17, 15) is 14.9 Å². The second-order valence-electron chi connectivity index (χ2n) is 5.03. The highest BCUT2D eigenvalue weighted by Gasteiger charge is 2.20. The second-order valence-corrected chi connectivity index (χ2v) is 5.03. The fourth-order valence-electron chi connectivity index (χ4n) is 2.77. The fourth-order valence-corrected chi connectivity index (χ4v) is 2.77. The summed E-state index contributed by atoms with van der Waals surface area (Å²) in [6, 6.07) is 15.5. The van der Waals surface area contributed by atoms with Gasteiger partial charge in [0, 0.05) is 10.8 Å². The van der Waals surface area contributed by atoms with E-state index in [2.05, 4.69) is 0 Å². The normalized spacial score (nSPS) is 11.3. The topological polar surface area (TPSA) is 73.3 Å². The summed E-state index contributed by atoms with van der Waals surface area (Å²) >= 11 is 0. The molecule has 0 atom stereocenters. The van der Waals surface area contributed by atoms with E-state index in [-0.39, 0.29) is 0 Å². The molecule has 0 radical (unpaired) electrons. The zero-order valence-corrected chi connectivity index (χ0v) is 11.3. The molecule has 0 bridgehead atoms. The van der Waals surface area contributed by atoms with Crippen molar-refractivity contribution < 1.29 is 9.34 Å². The van der Waals surface area contributed by atoms with Gasteiger partial charge in [0.25, 0.3) is 5.43 Å². The molecule has 0 saturated carbocycles. The number of hydrogen-bond acceptors (Lipinski definition) is 4. The van der Waals surface area contributed by atoms with E-state index in [0.29, 0.717) is 27.3 Å². The highest BCUT2D eigenvalue weighted by atomic mass is 16.6. The summed E-state index contributed by atoms with van der Waals surface area (Å²) in [6.45, 7) is 0. The van der Waals surface area contributed by atoms with Crippen molar-refractivity contribution in [3.05, 3.63) is 74.9 Å². The van der Waals surface area contributed by atoms with Gasteiger partial charge in [0.2, 0.25) is 0 Å². The number of nitrogens with zero attached hydrogens (tertiary/aromatic N) is 1. The minimum atomic E-state index is -0.626. The lowest BCUT2D eigenvalue weighted by Crippen LogP contribution is -2.06. The molecule has 0 aliphatic rings. The maximum absolute atomic E-state index is 11.9. The molecule has 0 saturated heterocycles. The van der Waals surface area contributed by atoms with Gasteiger partial charge in [0.05, 0.1) is 10.3 Å². The van der Waals surface area contributed by atoms with Gasteiger partial charge in [-0.3, -0.25) is 14.9 Å². The van der Waals surface area contributed by atoms with E-state index >= 15 is 0 Å². The summed E-state index contributed by atoms with van der Waals surface area (Å²) in [5, 5.41) is 13.7. The molecule has 0 aliphatic heterocycles. The van der Waals surface area contributed by atoms with E-state index in [0.717, 1.165) is 5.39 Å². The SMILES string of the molecule is O=c1ccc2ccc3oc4ccccc4cc3c2c1[N+](=O)[O-]. The molecule has 0 spiro atoms. The van der Waals surface area contributed by atoms with Crippen molar-refractivity contribution in [3.8, 4) is 0 Å². The lowest BCUT2D eigenvalue weighted by atomic mass is 10.0. The van der Waals surface area contributed by atoms with E-state index in [1.54, 1.807) is 18.2 Å². The first-order valence-electron chi connectivity index (χ1n) is 6.68. The molecule has 5 heteroatoms. The number of nitro groups is 1. The molecule has 4 rings (SSSR count). The van der Waals surface area contributed by atoms with E-state index in [1.165, 1.54) is 6.07 Å². The Morgan fingerprint density at radius 2 is 1.68 bits per heavy atom. The van der Waals surface area contributed by atoms with Crippen LogP contribution in [0.2, 0.25) is 0 Å². The van der Waals surface area contributed by atoms with Crippen LogP contribution in [0.3, 0.4) is 0 Å². The Morgan fingerprint density at radius 1 is 0.909 bits per heavy atom. The molecule has 22 heavy (non-hydrogen) atoms. The summed E-state index contributed by atoms with van der Waals surface area (Å²) in [7, 11) is 0. The van der Waals surface area contributed by atoms with Gasteiger partial charge in [-0.15, -0.1) is 0 Å². The quantitative estimate of drug-likeness (QED) is 0.230. The van der Waals surface area contributed by atoms with Crippen molar-refractivity contribution in [1.29, 1.82) is 0 Å². The van der Waals surface area contributed by atoms with E-state index in [4.69, 9.17) is 4.42 Å². The van der Waals surface area contributed by atoms with Crippen LogP contribution in [-0.4, -0.2) is 4.92 Å². The Balaban J connectivity index is 2.31. The van der Waals surface area contributed by atoms with Gasteiger partial charge in [-0.25, -0.2) is 0 Å². The molecular formula is C17H9NO4. The Labute approximate surface area is 123 Å². The Morgan fingerprint density at radius 3 is 2.50 bits per heavy atom. The van der Waals surface area contributed by atoms with Crippen molar-refractivity contribution in [2.75, 3.05) is 0 Å². The zero-order chi connectivity index (χ0) is 15.3. The molecule has 0 unspecified atom stereocenters. The number of benzene rings is 3. The van der Waals surface area contributed by atoms with E-state index < -0.39 is 16.0 Å². The summed E-state index contributed by atoms with van der Waals surface area (Å²) in [5.74, 6) is 0. The molecule has 0 aliphatic carbocycles. The van der Waals surface area contributed by atoms with Crippen LogP contribution < -0.4 is 5.43 Å². The van der Waals surface area contributed by atoms with E-state index in [1.807, 2.05) is 30.3 Å². The van der Waals surface area contributed by atoms with Crippen LogP contribution in [0.4, 0.5) is 5.69 Å². The lowest BCUT2D eigenvalue weighted by Gasteiger charge is -2.05. The molecule has 1 heterocycles. The molecule has 1 aromatic heterocycles. The van der Waals surface area contributed by atoms with Gasteiger partial charge in [-0.2, -0.15) is 0 Å². The summed E-state index contributed by atoms with van der Waals surface area (Å²) < 4.78 is 5.80. The number of hydrogen-bond donors (Lipinski definition) is 0. The summed E-state index contributed by atoms with van der Waals surface area (Å²) in [6.07, 6.45) is 0. The van der Waals surface area contributed by atoms with Crippen LogP contribution in [0, 0.1) is 10.1 Å². The number of nitro benzene ring substituents is 1. The monoisotopic (exact) mass is 291 g/mol. The third-order valence-electron chi connectivity index (χ3n) is 3.74. The first-order valence-corrected chi connectivity index (χ1v) is 6.68.